The van der Waals surface area contributed by atoms with Gasteiger partial charge in [0, 0.05) is 32.2 Å². The Balaban J connectivity index is 1.51. The van der Waals surface area contributed by atoms with Gasteiger partial charge in [-0.2, -0.15) is 0 Å². The quantitative estimate of drug-likeness (QED) is 0.891. The lowest BCUT2D eigenvalue weighted by Gasteiger charge is -2.38. The van der Waals surface area contributed by atoms with Crippen molar-refractivity contribution >= 4 is 11.6 Å². The third-order valence-corrected chi connectivity index (χ3v) is 5.17. The Morgan fingerprint density at radius 1 is 1.17 bits per heavy atom. The average molecular weight is 317 g/mol. The Kier molecular flexibility index (Phi) is 5.06. The lowest BCUT2D eigenvalue weighted by atomic mass is 10.1. The molecule has 2 aliphatic rings. The Morgan fingerprint density at radius 2 is 1.83 bits per heavy atom. The maximum absolute atomic E-state index is 12.4. The highest BCUT2D eigenvalue weighted by atomic mass is 16.3. The summed E-state index contributed by atoms with van der Waals surface area (Å²) in [6.07, 6.45) is 4.72. The van der Waals surface area contributed by atoms with Crippen LogP contribution < -0.4 is 10.2 Å². The van der Waals surface area contributed by atoms with Crippen LogP contribution in [-0.4, -0.2) is 54.2 Å². The summed E-state index contributed by atoms with van der Waals surface area (Å²) in [6, 6.07) is 7.75. The van der Waals surface area contributed by atoms with E-state index in [9.17, 15) is 9.90 Å². The largest absolute Gasteiger partial charge is 0.506 e. The van der Waals surface area contributed by atoms with Crippen molar-refractivity contribution in [1.82, 2.24) is 10.2 Å². The summed E-state index contributed by atoms with van der Waals surface area (Å²) in [5.74, 6) is 0.487. The Bertz CT molecular complexity index is 535. The fraction of sp³-hybridized carbons (Fsp3) is 0.611. The van der Waals surface area contributed by atoms with E-state index >= 15 is 0 Å². The number of carbonyl (C=O) groups is 1. The summed E-state index contributed by atoms with van der Waals surface area (Å²) in [6.45, 7) is 5.35. The summed E-state index contributed by atoms with van der Waals surface area (Å²) in [5, 5.41) is 13.2. The number of nitrogens with zero attached hydrogens (tertiary/aromatic N) is 2. The fourth-order valence-corrected chi connectivity index (χ4v) is 3.64. The molecule has 1 heterocycles. The number of benzene rings is 1. The number of phenols is 1. The number of hydrogen-bond acceptors (Lipinski definition) is 4. The molecule has 3 rings (SSSR count). The van der Waals surface area contributed by atoms with E-state index in [-0.39, 0.29) is 11.9 Å². The van der Waals surface area contributed by atoms with Crippen LogP contribution in [0.15, 0.2) is 24.3 Å². The van der Waals surface area contributed by atoms with Crippen LogP contribution >= 0.6 is 0 Å². The maximum atomic E-state index is 12.4. The van der Waals surface area contributed by atoms with Gasteiger partial charge in [0.2, 0.25) is 5.91 Å². The number of piperazine rings is 1. The second-order valence-electron chi connectivity index (χ2n) is 6.68. The lowest BCUT2D eigenvalue weighted by molar-refractivity contribution is -0.126. The van der Waals surface area contributed by atoms with E-state index in [1.165, 1.54) is 12.8 Å². The van der Waals surface area contributed by atoms with Crippen LogP contribution in [0, 0.1) is 0 Å². The van der Waals surface area contributed by atoms with Gasteiger partial charge in [-0.1, -0.05) is 25.0 Å². The van der Waals surface area contributed by atoms with Crippen LogP contribution in [0.1, 0.15) is 32.6 Å². The standard InChI is InChI=1S/C18H27N3O2/c1-14(18(23)19-15-6-2-3-7-15)20-10-12-21(13-11-20)16-8-4-5-9-17(16)22/h4-5,8-9,14-15,22H,2-3,6-7,10-13H2,1H3,(H,19,23). The molecule has 1 saturated heterocycles. The number of carbonyl (C=O) groups excluding carboxylic acids is 1. The first-order valence-electron chi connectivity index (χ1n) is 8.72. The zero-order chi connectivity index (χ0) is 16.2. The number of nitrogens with one attached hydrogen (secondary N) is 1. The molecule has 5 nitrogen and oxygen atoms in total. The molecule has 1 aromatic rings. The first kappa shape index (κ1) is 16.1. The minimum absolute atomic E-state index is 0.0814. The van der Waals surface area contributed by atoms with Crippen molar-refractivity contribution in [3.63, 3.8) is 0 Å². The predicted molar refractivity (Wildman–Crippen MR) is 91.8 cm³/mol. The number of aromatic hydroxyl groups is 1. The van der Waals surface area contributed by atoms with Crippen LogP contribution in [0.25, 0.3) is 0 Å². The summed E-state index contributed by atoms with van der Waals surface area (Å²) >= 11 is 0. The third kappa shape index (κ3) is 3.78. The topological polar surface area (TPSA) is 55.8 Å². The van der Waals surface area contributed by atoms with Crippen LogP contribution in [0.5, 0.6) is 5.75 Å². The van der Waals surface area contributed by atoms with Crippen molar-refractivity contribution in [3.05, 3.63) is 24.3 Å². The van der Waals surface area contributed by atoms with Gasteiger partial charge in [0.1, 0.15) is 5.75 Å². The van der Waals surface area contributed by atoms with Crippen LogP contribution in [0.4, 0.5) is 5.69 Å². The summed E-state index contributed by atoms with van der Waals surface area (Å²) in [5.41, 5.74) is 0.884. The highest BCUT2D eigenvalue weighted by Gasteiger charge is 2.28. The molecule has 1 aliphatic heterocycles. The zero-order valence-electron chi connectivity index (χ0n) is 13.9. The van der Waals surface area contributed by atoms with Gasteiger partial charge < -0.3 is 15.3 Å². The smallest absolute Gasteiger partial charge is 0.237 e. The molecule has 1 unspecified atom stereocenters. The van der Waals surface area contributed by atoms with E-state index in [4.69, 9.17) is 0 Å². The van der Waals surface area contributed by atoms with E-state index < -0.39 is 0 Å². The molecule has 2 N–H and O–H groups in total. The summed E-state index contributed by atoms with van der Waals surface area (Å²) in [4.78, 5) is 16.8. The van der Waals surface area contributed by atoms with Crippen molar-refractivity contribution in [2.45, 2.75) is 44.7 Å². The molecular weight excluding hydrogens is 290 g/mol. The van der Waals surface area contributed by atoms with Gasteiger partial charge in [-0.15, -0.1) is 0 Å². The maximum Gasteiger partial charge on any atom is 0.237 e. The Morgan fingerprint density at radius 3 is 2.48 bits per heavy atom. The fourth-order valence-electron chi connectivity index (χ4n) is 3.64. The lowest BCUT2D eigenvalue weighted by Crippen LogP contribution is -2.54. The molecule has 2 fully saturated rings. The Hall–Kier alpha value is -1.75. The van der Waals surface area contributed by atoms with Gasteiger partial charge >= 0.3 is 0 Å². The first-order valence-corrected chi connectivity index (χ1v) is 8.72. The predicted octanol–water partition coefficient (Wildman–Crippen LogP) is 1.96. The minimum Gasteiger partial charge on any atom is -0.506 e. The minimum atomic E-state index is -0.0814. The van der Waals surface area contributed by atoms with Gasteiger partial charge in [0.15, 0.2) is 0 Å². The van der Waals surface area contributed by atoms with Crippen molar-refractivity contribution in [1.29, 1.82) is 0 Å². The molecule has 1 aliphatic carbocycles. The zero-order valence-corrected chi connectivity index (χ0v) is 13.9. The molecule has 0 aromatic heterocycles. The van der Waals surface area contributed by atoms with Crippen molar-refractivity contribution in [2.75, 3.05) is 31.1 Å². The van der Waals surface area contributed by atoms with E-state index in [2.05, 4.69) is 15.1 Å². The second-order valence-corrected chi connectivity index (χ2v) is 6.68. The monoisotopic (exact) mass is 317 g/mol. The third-order valence-electron chi connectivity index (χ3n) is 5.17. The number of amides is 1. The SMILES string of the molecule is CC(C(=O)NC1CCCC1)N1CCN(c2ccccc2O)CC1. The van der Waals surface area contributed by atoms with Gasteiger partial charge in [0.05, 0.1) is 11.7 Å². The number of anilines is 1. The van der Waals surface area contributed by atoms with E-state index in [1.807, 2.05) is 25.1 Å². The van der Waals surface area contributed by atoms with Crippen LogP contribution in [-0.2, 0) is 4.79 Å². The summed E-state index contributed by atoms with van der Waals surface area (Å²) in [7, 11) is 0. The average Bonchev–Trinajstić information content (AvgIpc) is 3.08. The van der Waals surface area contributed by atoms with E-state index in [0.29, 0.717) is 11.8 Å². The molecule has 0 bridgehead atoms. The molecule has 5 heteroatoms. The van der Waals surface area contributed by atoms with Gasteiger partial charge in [-0.25, -0.2) is 0 Å². The molecule has 23 heavy (non-hydrogen) atoms. The number of phenolic OH excluding ortho intramolecular Hbond substituents is 1. The molecule has 126 valence electrons. The number of para-hydroxylation sites is 2. The molecule has 0 spiro atoms. The molecular formula is C18H27N3O2. The molecule has 1 aromatic carbocycles. The van der Waals surface area contributed by atoms with Gasteiger partial charge in [-0.3, -0.25) is 9.69 Å². The van der Waals surface area contributed by atoms with E-state index in [0.717, 1.165) is 44.7 Å². The molecule has 0 radical (unpaired) electrons. The second kappa shape index (κ2) is 7.21. The number of hydrogen-bond donors (Lipinski definition) is 2. The van der Waals surface area contributed by atoms with Gasteiger partial charge in [-0.05, 0) is 31.9 Å². The highest BCUT2D eigenvalue weighted by Crippen LogP contribution is 2.27. The molecule has 1 amide bonds. The van der Waals surface area contributed by atoms with Crippen molar-refractivity contribution < 1.29 is 9.90 Å². The number of rotatable bonds is 4. The van der Waals surface area contributed by atoms with Crippen molar-refractivity contribution in [3.8, 4) is 5.75 Å². The normalized spacial score (nSPS) is 21.3. The highest BCUT2D eigenvalue weighted by molar-refractivity contribution is 5.81. The Labute approximate surface area is 138 Å². The first-order chi connectivity index (χ1) is 11.1. The summed E-state index contributed by atoms with van der Waals surface area (Å²) < 4.78 is 0. The van der Waals surface area contributed by atoms with Crippen LogP contribution in [0.2, 0.25) is 0 Å². The van der Waals surface area contributed by atoms with E-state index in [1.54, 1.807) is 6.07 Å². The van der Waals surface area contributed by atoms with Gasteiger partial charge in [0.25, 0.3) is 0 Å². The van der Waals surface area contributed by atoms with Crippen LogP contribution in [0.3, 0.4) is 0 Å². The molecule has 1 atom stereocenters. The molecule has 1 saturated carbocycles. The van der Waals surface area contributed by atoms with Crippen molar-refractivity contribution in [2.24, 2.45) is 0 Å².